The number of anilines is 1. The zero-order valence-corrected chi connectivity index (χ0v) is 13.8. The van der Waals surface area contributed by atoms with Gasteiger partial charge in [0, 0.05) is 11.7 Å². The maximum absolute atomic E-state index is 12.2. The van der Waals surface area contributed by atoms with Gasteiger partial charge >= 0.3 is 6.18 Å². The highest BCUT2D eigenvalue weighted by Gasteiger charge is 2.31. The molecule has 1 fully saturated rings. The third-order valence-corrected chi connectivity index (χ3v) is 3.78. The normalized spacial score (nSPS) is 14.2. The molecule has 0 radical (unpaired) electrons. The van der Waals surface area contributed by atoms with E-state index in [0.29, 0.717) is 11.4 Å². The first-order valence-corrected chi connectivity index (χ1v) is 7.93. The largest absolute Gasteiger partial charge is 0.397 e. The fourth-order valence-corrected chi connectivity index (χ4v) is 2.34. The van der Waals surface area contributed by atoms with Crippen LogP contribution in [0.25, 0.3) is 5.69 Å². The SMILES string of the molecule is Cc1c(C(=O)NC2CC2)nnn1-c1ccc(NC(=O)CC(F)(F)F)cc1. The lowest BCUT2D eigenvalue weighted by molar-refractivity contribution is -0.150. The van der Waals surface area contributed by atoms with Crippen LogP contribution in [0.1, 0.15) is 35.4 Å². The molecular weight excluding hydrogens is 351 g/mol. The molecule has 3 rings (SSSR count). The Labute approximate surface area is 146 Å². The second kappa shape index (κ2) is 6.77. The highest BCUT2D eigenvalue weighted by molar-refractivity contribution is 5.93. The lowest BCUT2D eigenvalue weighted by Crippen LogP contribution is -2.26. The van der Waals surface area contributed by atoms with E-state index in [4.69, 9.17) is 0 Å². The summed E-state index contributed by atoms with van der Waals surface area (Å²) in [5, 5.41) is 12.8. The van der Waals surface area contributed by atoms with Crippen molar-refractivity contribution in [2.45, 2.75) is 38.4 Å². The molecule has 1 aliphatic rings. The quantitative estimate of drug-likeness (QED) is 0.849. The summed E-state index contributed by atoms with van der Waals surface area (Å²) < 4.78 is 38.0. The van der Waals surface area contributed by atoms with E-state index in [1.807, 2.05) is 0 Å². The van der Waals surface area contributed by atoms with E-state index >= 15 is 0 Å². The number of amides is 2. The van der Waals surface area contributed by atoms with Gasteiger partial charge in [-0.05, 0) is 44.0 Å². The van der Waals surface area contributed by atoms with Crippen molar-refractivity contribution in [2.24, 2.45) is 0 Å². The van der Waals surface area contributed by atoms with Crippen molar-refractivity contribution in [3.8, 4) is 5.69 Å². The highest BCUT2D eigenvalue weighted by Crippen LogP contribution is 2.22. The van der Waals surface area contributed by atoms with Gasteiger partial charge < -0.3 is 10.6 Å². The minimum absolute atomic E-state index is 0.201. The van der Waals surface area contributed by atoms with Gasteiger partial charge in [0.05, 0.1) is 11.4 Å². The van der Waals surface area contributed by atoms with Gasteiger partial charge in [-0.1, -0.05) is 5.21 Å². The van der Waals surface area contributed by atoms with Crippen LogP contribution in [0.15, 0.2) is 24.3 Å². The second-order valence-electron chi connectivity index (χ2n) is 6.07. The van der Waals surface area contributed by atoms with Gasteiger partial charge in [0.1, 0.15) is 6.42 Å². The first kappa shape index (κ1) is 17.9. The maximum atomic E-state index is 12.2. The molecule has 0 saturated heterocycles. The predicted molar refractivity (Wildman–Crippen MR) is 85.9 cm³/mol. The molecule has 1 aromatic carbocycles. The highest BCUT2D eigenvalue weighted by atomic mass is 19.4. The molecule has 2 amide bonds. The van der Waals surface area contributed by atoms with Crippen molar-refractivity contribution < 1.29 is 22.8 Å². The number of carbonyl (C=O) groups excluding carboxylic acids is 2. The number of hydrogen-bond acceptors (Lipinski definition) is 4. The number of halogens is 3. The van der Waals surface area contributed by atoms with Crippen molar-refractivity contribution in [3.05, 3.63) is 35.7 Å². The summed E-state index contributed by atoms with van der Waals surface area (Å²) in [7, 11) is 0. The van der Waals surface area contributed by atoms with Gasteiger partial charge in [-0.25, -0.2) is 4.68 Å². The summed E-state index contributed by atoms with van der Waals surface area (Å²) in [6, 6.07) is 6.23. The van der Waals surface area contributed by atoms with Crippen molar-refractivity contribution in [2.75, 3.05) is 5.32 Å². The van der Waals surface area contributed by atoms with E-state index < -0.39 is 18.5 Å². The van der Waals surface area contributed by atoms with Crippen molar-refractivity contribution >= 4 is 17.5 Å². The Balaban J connectivity index is 1.69. The first-order chi connectivity index (χ1) is 12.2. The lowest BCUT2D eigenvalue weighted by atomic mass is 10.2. The summed E-state index contributed by atoms with van der Waals surface area (Å²) in [4.78, 5) is 23.4. The molecule has 2 aromatic rings. The number of carbonyl (C=O) groups is 2. The van der Waals surface area contributed by atoms with Gasteiger partial charge in [-0.15, -0.1) is 5.10 Å². The molecule has 1 saturated carbocycles. The summed E-state index contributed by atoms with van der Waals surface area (Å²) >= 11 is 0. The minimum Gasteiger partial charge on any atom is -0.348 e. The van der Waals surface area contributed by atoms with E-state index in [9.17, 15) is 22.8 Å². The summed E-state index contributed by atoms with van der Waals surface area (Å²) in [5.74, 6) is -1.42. The third kappa shape index (κ3) is 4.38. The second-order valence-corrected chi connectivity index (χ2v) is 6.07. The van der Waals surface area contributed by atoms with Crippen LogP contribution in [0.4, 0.5) is 18.9 Å². The Hall–Kier alpha value is -2.91. The average molecular weight is 367 g/mol. The Morgan fingerprint density at radius 1 is 1.23 bits per heavy atom. The van der Waals surface area contributed by atoms with Gasteiger partial charge in [0.2, 0.25) is 5.91 Å². The van der Waals surface area contributed by atoms with Gasteiger partial charge in [-0.2, -0.15) is 13.2 Å². The van der Waals surface area contributed by atoms with Crippen LogP contribution in [0, 0.1) is 6.92 Å². The topological polar surface area (TPSA) is 88.9 Å². The Morgan fingerprint density at radius 2 is 1.88 bits per heavy atom. The Kier molecular flexibility index (Phi) is 4.66. The molecule has 0 unspecified atom stereocenters. The number of hydrogen-bond donors (Lipinski definition) is 2. The summed E-state index contributed by atoms with van der Waals surface area (Å²) in [6.07, 6.45) is -4.18. The number of nitrogens with zero attached hydrogens (tertiary/aromatic N) is 3. The summed E-state index contributed by atoms with van der Waals surface area (Å²) in [6.45, 7) is 1.70. The Bertz CT molecular complexity index is 825. The summed E-state index contributed by atoms with van der Waals surface area (Å²) in [5.41, 5.74) is 1.55. The standard InChI is InChI=1S/C16H16F3N5O2/c1-9-14(15(26)21-11-2-3-11)22-23-24(9)12-6-4-10(5-7-12)20-13(25)8-16(17,18)19/h4-7,11H,2-3,8H2,1H3,(H,20,25)(H,21,26). The van der Waals surface area contributed by atoms with E-state index in [1.54, 1.807) is 19.1 Å². The smallest absolute Gasteiger partial charge is 0.348 e. The van der Waals surface area contributed by atoms with E-state index in [0.717, 1.165) is 12.8 Å². The van der Waals surface area contributed by atoms with Crippen LogP contribution in [0.3, 0.4) is 0 Å². The number of aromatic nitrogens is 3. The molecular formula is C16H16F3N5O2. The van der Waals surface area contributed by atoms with Crippen LogP contribution >= 0.6 is 0 Å². The molecule has 1 aliphatic carbocycles. The molecule has 0 spiro atoms. The zero-order chi connectivity index (χ0) is 18.9. The number of nitrogens with one attached hydrogen (secondary N) is 2. The third-order valence-electron chi connectivity index (χ3n) is 3.78. The molecule has 0 atom stereocenters. The monoisotopic (exact) mass is 367 g/mol. The average Bonchev–Trinajstić information content (AvgIpc) is 3.26. The number of rotatable bonds is 5. The Morgan fingerprint density at radius 3 is 2.46 bits per heavy atom. The molecule has 26 heavy (non-hydrogen) atoms. The number of benzene rings is 1. The van der Waals surface area contributed by atoms with Crippen LogP contribution < -0.4 is 10.6 Å². The minimum atomic E-state index is -4.56. The maximum Gasteiger partial charge on any atom is 0.397 e. The van der Waals surface area contributed by atoms with Crippen LogP contribution in [-0.4, -0.2) is 39.0 Å². The zero-order valence-electron chi connectivity index (χ0n) is 13.8. The molecule has 1 aromatic heterocycles. The fourth-order valence-electron chi connectivity index (χ4n) is 2.34. The molecule has 0 bridgehead atoms. The molecule has 0 aliphatic heterocycles. The molecule has 1 heterocycles. The molecule has 7 nitrogen and oxygen atoms in total. The van der Waals surface area contributed by atoms with Crippen molar-refractivity contribution in [1.29, 1.82) is 0 Å². The first-order valence-electron chi connectivity index (χ1n) is 7.93. The predicted octanol–water partition coefficient (Wildman–Crippen LogP) is 2.36. The van der Waals surface area contributed by atoms with Crippen molar-refractivity contribution in [1.82, 2.24) is 20.3 Å². The molecule has 138 valence electrons. The van der Waals surface area contributed by atoms with E-state index in [2.05, 4.69) is 20.9 Å². The lowest BCUT2D eigenvalue weighted by Gasteiger charge is -2.09. The van der Waals surface area contributed by atoms with Crippen LogP contribution in [0.5, 0.6) is 0 Å². The van der Waals surface area contributed by atoms with Crippen molar-refractivity contribution in [3.63, 3.8) is 0 Å². The van der Waals surface area contributed by atoms with Gasteiger partial charge in [-0.3, -0.25) is 9.59 Å². The van der Waals surface area contributed by atoms with Crippen LogP contribution in [0.2, 0.25) is 0 Å². The fraction of sp³-hybridized carbons (Fsp3) is 0.375. The van der Waals surface area contributed by atoms with E-state index in [-0.39, 0.29) is 23.3 Å². The van der Waals surface area contributed by atoms with Gasteiger partial charge in [0.25, 0.3) is 5.91 Å². The molecule has 10 heteroatoms. The number of alkyl halides is 3. The van der Waals surface area contributed by atoms with Crippen LogP contribution in [-0.2, 0) is 4.79 Å². The molecule has 2 N–H and O–H groups in total. The van der Waals surface area contributed by atoms with Gasteiger partial charge in [0.15, 0.2) is 5.69 Å². The van der Waals surface area contributed by atoms with E-state index in [1.165, 1.54) is 16.8 Å².